The quantitative estimate of drug-likeness (QED) is 0.648. The second kappa shape index (κ2) is 3.75. The van der Waals surface area contributed by atoms with Crippen LogP contribution >= 0.6 is 0 Å². The van der Waals surface area contributed by atoms with Crippen molar-refractivity contribution in [2.75, 3.05) is 24.6 Å². The number of hydrogen-bond acceptors (Lipinski definition) is 3. The lowest BCUT2D eigenvalue weighted by Crippen LogP contribution is -2.41. The second-order valence-corrected chi connectivity index (χ2v) is 3.33. The highest BCUT2D eigenvalue weighted by molar-refractivity contribution is 5.44. The van der Waals surface area contributed by atoms with Crippen LogP contribution in [0.1, 0.15) is 6.92 Å². The molecule has 13 heavy (non-hydrogen) atoms. The fourth-order valence-corrected chi connectivity index (χ4v) is 1.61. The monoisotopic (exact) mass is 178 g/mol. The number of morpholine rings is 1. The average Bonchev–Trinajstić information content (AvgIpc) is 2.19. The van der Waals surface area contributed by atoms with Gasteiger partial charge < -0.3 is 9.64 Å². The zero-order valence-electron chi connectivity index (χ0n) is 7.81. The fourth-order valence-electron chi connectivity index (χ4n) is 1.61. The third-order valence-corrected chi connectivity index (χ3v) is 2.27. The van der Waals surface area contributed by atoms with Crippen molar-refractivity contribution in [3.05, 3.63) is 24.5 Å². The SMILES string of the molecule is C[C@H]1CN(c2ccncc2)CCO1. The molecule has 3 heteroatoms. The maximum atomic E-state index is 5.47. The summed E-state index contributed by atoms with van der Waals surface area (Å²) < 4.78 is 5.47. The van der Waals surface area contributed by atoms with Crippen molar-refractivity contribution < 1.29 is 4.74 Å². The van der Waals surface area contributed by atoms with Gasteiger partial charge >= 0.3 is 0 Å². The van der Waals surface area contributed by atoms with Gasteiger partial charge in [-0.05, 0) is 19.1 Å². The lowest BCUT2D eigenvalue weighted by Gasteiger charge is -2.32. The summed E-state index contributed by atoms with van der Waals surface area (Å²) in [7, 11) is 0. The lowest BCUT2D eigenvalue weighted by molar-refractivity contribution is 0.0532. The summed E-state index contributed by atoms with van der Waals surface area (Å²) in [5, 5.41) is 0. The Morgan fingerprint density at radius 1 is 1.46 bits per heavy atom. The van der Waals surface area contributed by atoms with E-state index in [2.05, 4.69) is 16.8 Å². The zero-order valence-corrected chi connectivity index (χ0v) is 7.81. The van der Waals surface area contributed by atoms with Gasteiger partial charge in [-0.15, -0.1) is 0 Å². The third-order valence-electron chi connectivity index (χ3n) is 2.27. The molecular formula is C10H14N2O. The summed E-state index contributed by atoms with van der Waals surface area (Å²) in [5.41, 5.74) is 1.24. The minimum atomic E-state index is 0.335. The largest absolute Gasteiger partial charge is 0.375 e. The average molecular weight is 178 g/mol. The number of ether oxygens (including phenoxy) is 1. The molecule has 0 spiro atoms. The highest BCUT2D eigenvalue weighted by Gasteiger charge is 2.16. The predicted molar refractivity (Wildman–Crippen MR) is 51.9 cm³/mol. The van der Waals surface area contributed by atoms with Crippen LogP contribution in [0.15, 0.2) is 24.5 Å². The van der Waals surface area contributed by atoms with Crippen LogP contribution in [0.5, 0.6) is 0 Å². The van der Waals surface area contributed by atoms with Gasteiger partial charge in [0.1, 0.15) is 0 Å². The van der Waals surface area contributed by atoms with Crippen molar-refractivity contribution in [1.29, 1.82) is 0 Å². The molecule has 1 atom stereocenters. The standard InChI is InChI=1S/C10H14N2O/c1-9-8-12(6-7-13-9)10-2-4-11-5-3-10/h2-5,9H,6-8H2,1H3/t9-/m0/s1. The van der Waals surface area contributed by atoms with Crippen LogP contribution in [0.4, 0.5) is 5.69 Å². The topological polar surface area (TPSA) is 25.4 Å². The Balaban J connectivity index is 2.08. The van der Waals surface area contributed by atoms with Gasteiger partial charge in [0.2, 0.25) is 0 Å². The molecule has 1 fully saturated rings. The van der Waals surface area contributed by atoms with Crippen molar-refractivity contribution in [3.63, 3.8) is 0 Å². The molecule has 0 saturated carbocycles. The Labute approximate surface area is 78.3 Å². The Morgan fingerprint density at radius 3 is 2.92 bits per heavy atom. The number of rotatable bonds is 1. The van der Waals surface area contributed by atoms with Gasteiger partial charge in [-0.3, -0.25) is 4.98 Å². The van der Waals surface area contributed by atoms with E-state index in [9.17, 15) is 0 Å². The Morgan fingerprint density at radius 2 is 2.23 bits per heavy atom. The molecule has 0 bridgehead atoms. The molecule has 0 aliphatic carbocycles. The van der Waals surface area contributed by atoms with Gasteiger partial charge in [0.15, 0.2) is 0 Å². The first-order valence-electron chi connectivity index (χ1n) is 4.63. The van der Waals surface area contributed by atoms with Gasteiger partial charge in [-0.1, -0.05) is 0 Å². The van der Waals surface area contributed by atoms with E-state index in [1.165, 1.54) is 5.69 Å². The number of pyridine rings is 1. The molecule has 1 saturated heterocycles. The van der Waals surface area contributed by atoms with Crippen molar-refractivity contribution in [2.24, 2.45) is 0 Å². The lowest BCUT2D eigenvalue weighted by atomic mass is 10.2. The van der Waals surface area contributed by atoms with Crippen molar-refractivity contribution >= 4 is 5.69 Å². The van der Waals surface area contributed by atoms with Crippen LogP contribution in [0.3, 0.4) is 0 Å². The van der Waals surface area contributed by atoms with Gasteiger partial charge in [-0.2, -0.15) is 0 Å². The smallest absolute Gasteiger partial charge is 0.0722 e. The summed E-state index contributed by atoms with van der Waals surface area (Å²) in [6.07, 6.45) is 3.99. The maximum Gasteiger partial charge on any atom is 0.0722 e. The molecule has 0 radical (unpaired) electrons. The zero-order chi connectivity index (χ0) is 9.10. The predicted octanol–water partition coefficient (Wildman–Crippen LogP) is 1.31. The summed E-state index contributed by atoms with van der Waals surface area (Å²) in [4.78, 5) is 6.33. The summed E-state index contributed by atoms with van der Waals surface area (Å²) in [6, 6.07) is 4.08. The number of aromatic nitrogens is 1. The number of anilines is 1. The molecule has 3 nitrogen and oxygen atoms in total. The molecule has 70 valence electrons. The molecule has 1 aliphatic heterocycles. The Hall–Kier alpha value is -1.09. The first-order chi connectivity index (χ1) is 6.36. The van der Waals surface area contributed by atoms with Gasteiger partial charge in [0, 0.05) is 31.2 Å². The minimum absolute atomic E-state index is 0.335. The van der Waals surface area contributed by atoms with E-state index in [0.29, 0.717) is 6.10 Å². The molecular weight excluding hydrogens is 164 g/mol. The number of nitrogens with zero attached hydrogens (tertiary/aromatic N) is 2. The summed E-state index contributed by atoms with van der Waals surface area (Å²) in [5.74, 6) is 0. The van der Waals surface area contributed by atoms with Crippen molar-refractivity contribution in [1.82, 2.24) is 4.98 Å². The highest BCUT2D eigenvalue weighted by atomic mass is 16.5. The van der Waals surface area contributed by atoms with Crippen molar-refractivity contribution in [2.45, 2.75) is 13.0 Å². The molecule has 0 unspecified atom stereocenters. The third kappa shape index (κ3) is 1.98. The van der Waals surface area contributed by atoms with Crippen molar-refractivity contribution in [3.8, 4) is 0 Å². The molecule has 1 aromatic rings. The Kier molecular flexibility index (Phi) is 2.45. The first kappa shape index (κ1) is 8.51. The van der Waals surface area contributed by atoms with Crippen LogP contribution < -0.4 is 4.90 Å². The molecule has 1 aliphatic rings. The molecule has 0 aromatic carbocycles. The van der Waals surface area contributed by atoms with E-state index in [-0.39, 0.29) is 0 Å². The van der Waals surface area contributed by atoms with E-state index in [0.717, 1.165) is 19.7 Å². The van der Waals surface area contributed by atoms with Crippen LogP contribution in [-0.2, 0) is 4.74 Å². The second-order valence-electron chi connectivity index (χ2n) is 3.33. The van der Waals surface area contributed by atoms with Crippen LogP contribution in [-0.4, -0.2) is 30.8 Å². The molecule has 2 heterocycles. The maximum absolute atomic E-state index is 5.47. The summed E-state index contributed by atoms with van der Waals surface area (Å²) >= 11 is 0. The van der Waals surface area contributed by atoms with E-state index in [1.807, 2.05) is 24.5 Å². The summed E-state index contributed by atoms with van der Waals surface area (Å²) in [6.45, 7) is 4.88. The van der Waals surface area contributed by atoms with Gasteiger partial charge in [0.25, 0.3) is 0 Å². The molecule has 2 rings (SSSR count). The van der Waals surface area contributed by atoms with Crippen LogP contribution in [0.25, 0.3) is 0 Å². The number of hydrogen-bond donors (Lipinski definition) is 0. The Bertz CT molecular complexity index is 263. The molecule has 1 aromatic heterocycles. The molecule has 0 N–H and O–H groups in total. The van der Waals surface area contributed by atoms with E-state index in [1.54, 1.807) is 0 Å². The van der Waals surface area contributed by atoms with E-state index < -0.39 is 0 Å². The van der Waals surface area contributed by atoms with Crippen LogP contribution in [0.2, 0.25) is 0 Å². The van der Waals surface area contributed by atoms with E-state index in [4.69, 9.17) is 4.74 Å². The van der Waals surface area contributed by atoms with Crippen LogP contribution in [0, 0.1) is 0 Å². The normalized spacial score (nSPS) is 23.2. The van der Waals surface area contributed by atoms with Gasteiger partial charge in [-0.25, -0.2) is 0 Å². The molecule has 0 amide bonds. The van der Waals surface area contributed by atoms with Gasteiger partial charge in [0.05, 0.1) is 12.7 Å². The van der Waals surface area contributed by atoms with E-state index >= 15 is 0 Å². The fraction of sp³-hybridized carbons (Fsp3) is 0.500. The minimum Gasteiger partial charge on any atom is -0.375 e. The first-order valence-corrected chi connectivity index (χ1v) is 4.63. The highest BCUT2D eigenvalue weighted by Crippen LogP contribution is 2.15.